The number of carboxylic acid groups (broad SMARTS) is 1. The highest BCUT2D eigenvalue weighted by molar-refractivity contribution is 5.92. The Balaban J connectivity index is 1.92. The normalized spacial score (nSPS) is 15.9. The van der Waals surface area contributed by atoms with E-state index in [-0.39, 0.29) is 31.9 Å². The minimum atomic E-state index is -4.59. The molecule has 2 aromatic carbocycles. The van der Waals surface area contributed by atoms with E-state index in [4.69, 9.17) is 4.74 Å². The third kappa shape index (κ3) is 6.93. The number of carbonyl (C=O) groups excluding carboxylic acids is 2. The number of esters is 1. The van der Waals surface area contributed by atoms with E-state index in [2.05, 4.69) is 0 Å². The van der Waals surface area contributed by atoms with Crippen LogP contribution in [0.25, 0.3) is 0 Å². The van der Waals surface area contributed by atoms with Gasteiger partial charge in [0.25, 0.3) is 0 Å². The molecule has 11 heteroatoms. The smallest absolute Gasteiger partial charge is 0.416 e. The molecule has 0 spiro atoms. The Morgan fingerprint density at radius 3 is 2.41 bits per heavy atom. The summed E-state index contributed by atoms with van der Waals surface area (Å²) in [4.78, 5) is 41.2. The summed E-state index contributed by atoms with van der Waals surface area (Å²) < 4.78 is 45.0. The van der Waals surface area contributed by atoms with Gasteiger partial charge >= 0.3 is 24.3 Å². The predicted molar refractivity (Wildman–Crippen MR) is 130 cm³/mol. The Bertz CT molecular complexity index is 1110. The Kier molecular flexibility index (Phi) is 9.01. The highest BCUT2D eigenvalue weighted by Crippen LogP contribution is 2.32. The lowest BCUT2D eigenvalue weighted by Crippen LogP contribution is -2.58. The summed E-state index contributed by atoms with van der Waals surface area (Å²) in [6, 6.07) is 9.83. The molecule has 1 aliphatic rings. The quantitative estimate of drug-likeness (QED) is 0.488. The monoisotopic (exact) mass is 521 g/mol. The average Bonchev–Trinajstić information content (AvgIpc) is 2.89. The van der Waals surface area contributed by atoms with Crippen molar-refractivity contribution < 1.29 is 37.4 Å². The topological polar surface area (TPSA) is 90.4 Å². The van der Waals surface area contributed by atoms with E-state index in [0.717, 1.165) is 25.0 Å². The van der Waals surface area contributed by atoms with Crippen LogP contribution in [0.5, 0.6) is 0 Å². The van der Waals surface area contributed by atoms with E-state index in [1.54, 1.807) is 12.1 Å². The molecule has 3 rings (SSSR count). The number of benzene rings is 2. The number of unbranched alkanes of at least 4 members (excludes halogenated alkanes) is 1. The molecule has 3 amide bonds. The molecule has 1 heterocycles. The lowest BCUT2D eigenvalue weighted by atomic mass is 10.1. The number of amides is 3. The molecule has 0 aromatic heterocycles. The van der Waals surface area contributed by atoms with Crippen molar-refractivity contribution in [2.45, 2.75) is 44.9 Å². The first-order chi connectivity index (χ1) is 17.5. The maximum absolute atomic E-state index is 13.7. The third-order valence-corrected chi connectivity index (χ3v) is 6.32. The molecule has 8 nitrogen and oxygen atoms in total. The SMILES string of the molecule is CCCCC1CN(C(=O)N(Cc2ccc(C(=O)OC)cc2)c2cccc(C(F)(F)F)c2)CCN1C(=O)O. The van der Waals surface area contributed by atoms with E-state index in [0.29, 0.717) is 17.5 Å². The van der Waals surface area contributed by atoms with E-state index >= 15 is 0 Å². The van der Waals surface area contributed by atoms with Crippen molar-refractivity contribution in [2.75, 3.05) is 31.6 Å². The Morgan fingerprint density at radius 2 is 1.81 bits per heavy atom. The minimum absolute atomic E-state index is 0.0552. The molecule has 1 unspecified atom stereocenters. The lowest BCUT2D eigenvalue weighted by Gasteiger charge is -2.41. The van der Waals surface area contributed by atoms with Crippen LogP contribution in [0.2, 0.25) is 0 Å². The summed E-state index contributed by atoms with van der Waals surface area (Å²) in [6.07, 6.45) is -3.44. The molecule has 0 radical (unpaired) electrons. The molecular formula is C26H30F3N3O5. The van der Waals surface area contributed by atoms with Gasteiger partial charge in [0.1, 0.15) is 0 Å². The molecule has 1 fully saturated rings. The number of hydrogen-bond acceptors (Lipinski definition) is 4. The average molecular weight is 522 g/mol. The number of methoxy groups -OCH3 is 1. The van der Waals surface area contributed by atoms with E-state index < -0.39 is 35.9 Å². The van der Waals surface area contributed by atoms with Crippen molar-refractivity contribution in [3.8, 4) is 0 Å². The van der Waals surface area contributed by atoms with Gasteiger partial charge in [-0.2, -0.15) is 13.2 Å². The van der Waals surface area contributed by atoms with Crippen LogP contribution < -0.4 is 4.90 Å². The number of rotatable bonds is 7. The summed E-state index contributed by atoms with van der Waals surface area (Å²) in [5.41, 5.74) is 0.0554. The van der Waals surface area contributed by atoms with Gasteiger partial charge in [-0.3, -0.25) is 4.90 Å². The second kappa shape index (κ2) is 12.0. The summed E-state index contributed by atoms with van der Waals surface area (Å²) in [5, 5.41) is 9.57. The third-order valence-electron chi connectivity index (χ3n) is 6.32. The largest absolute Gasteiger partial charge is 0.465 e. The fourth-order valence-electron chi connectivity index (χ4n) is 4.30. The molecule has 0 bridgehead atoms. The van der Waals surface area contributed by atoms with E-state index in [9.17, 15) is 32.7 Å². The zero-order chi connectivity index (χ0) is 27.2. The molecular weight excluding hydrogens is 491 g/mol. The highest BCUT2D eigenvalue weighted by Gasteiger charge is 2.35. The maximum Gasteiger partial charge on any atom is 0.416 e. The number of ether oxygens (including phenoxy) is 1. The fraction of sp³-hybridized carbons (Fsp3) is 0.423. The van der Waals surface area contributed by atoms with Crippen molar-refractivity contribution in [2.24, 2.45) is 0 Å². The zero-order valence-electron chi connectivity index (χ0n) is 20.7. The number of alkyl halides is 3. The van der Waals surface area contributed by atoms with Gasteiger partial charge in [-0.15, -0.1) is 0 Å². The van der Waals surface area contributed by atoms with Crippen LogP contribution in [-0.4, -0.2) is 65.8 Å². The van der Waals surface area contributed by atoms with E-state index in [1.807, 2.05) is 6.92 Å². The van der Waals surface area contributed by atoms with Crippen LogP contribution in [0.3, 0.4) is 0 Å². The van der Waals surface area contributed by atoms with Crippen LogP contribution in [-0.2, 0) is 17.5 Å². The minimum Gasteiger partial charge on any atom is -0.465 e. The number of carbonyl (C=O) groups is 3. The van der Waals surface area contributed by atoms with Gasteiger partial charge in [0.05, 0.1) is 30.8 Å². The number of nitrogens with zero attached hydrogens (tertiary/aromatic N) is 3. The summed E-state index contributed by atoms with van der Waals surface area (Å²) in [6.45, 7) is 2.30. The molecule has 2 aromatic rings. The lowest BCUT2D eigenvalue weighted by molar-refractivity contribution is -0.137. The summed E-state index contributed by atoms with van der Waals surface area (Å²) in [7, 11) is 1.25. The summed E-state index contributed by atoms with van der Waals surface area (Å²) >= 11 is 0. The van der Waals surface area contributed by atoms with Gasteiger partial charge in [0.2, 0.25) is 0 Å². The maximum atomic E-state index is 13.7. The number of hydrogen-bond donors (Lipinski definition) is 1. The molecule has 37 heavy (non-hydrogen) atoms. The second-order valence-electron chi connectivity index (χ2n) is 8.82. The number of piperazine rings is 1. The van der Waals surface area contributed by atoms with Crippen molar-refractivity contribution in [1.82, 2.24) is 9.80 Å². The molecule has 0 saturated carbocycles. The number of urea groups is 1. The van der Waals surface area contributed by atoms with Crippen molar-refractivity contribution >= 4 is 23.8 Å². The van der Waals surface area contributed by atoms with Gasteiger partial charge in [0, 0.05) is 25.3 Å². The van der Waals surface area contributed by atoms with Crippen molar-refractivity contribution in [3.63, 3.8) is 0 Å². The van der Waals surface area contributed by atoms with Crippen LogP contribution in [0.4, 0.5) is 28.4 Å². The summed E-state index contributed by atoms with van der Waals surface area (Å²) in [5.74, 6) is -0.535. The van der Waals surface area contributed by atoms with Gasteiger partial charge in [0.15, 0.2) is 0 Å². The highest BCUT2D eigenvalue weighted by atomic mass is 19.4. The molecule has 1 saturated heterocycles. The first-order valence-electron chi connectivity index (χ1n) is 12.0. The molecule has 1 aliphatic heterocycles. The van der Waals surface area contributed by atoms with Crippen molar-refractivity contribution in [1.29, 1.82) is 0 Å². The van der Waals surface area contributed by atoms with Gasteiger partial charge < -0.3 is 19.6 Å². The van der Waals surface area contributed by atoms with Gasteiger partial charge in [-0.1, -0.05) is 38.0 Å². The zero-order valence-corrected chi connectivity index (χ0v) is 20.7. The van der Waals surface area contributed by atoms with E-state index in [1.165, 1.54) is 46.1 Å². The van der Waals surface area contributed by atoms with Crippen molar-refractivity contribution in [3.05, 3.63) is 65.2 Å². The fourth-order valence-corrected chi connectivity index (χ4v) is 4.30. The molecule has 0 aliphatic carbocycles. The Labute approximate surface area is 213 Å². The first-order valence-corrected chi connectivity index (χ1v) is 12.0. The van der Waals surface area contributed by atoms with Gasteiger partial charge in [-0.25, -0.2) is 14.4 Å². The van der Waals surface area contributed by atoms with Crippen LogP contribution >= 0.6 is 0 Å². The molecule has 200 valence electrons. The Morgan fingerprint density at radius 1 is 1.11 bits per heavy atom. The molecule has 1 atom stereocenters. The van der Waals surface area contributed by atoms with Crippen LogP contribution in [0, 0.1) is 0 Å². The standard InChI is InChI=1S/C26H30F3N3O5/c1-3-4-7-22-17-30(13-14-31(22)25(35)36)24(34)32(21-8-5-6-20(15-21)26(27,28)29)16-18-9-11-19(12-10-18)23(33)37-2/h5-6,8-12,15,22H,3-4,7,13-14,16-17H2,1-2H3,(H,35,36). The second-order valence-corrected chi connectivity index (χ2v) is 8.82. The molecule has 1 N–H and O–H groups in total. The van der Waals surface area contributed by atoms with Crippen LogP contribution in [0.1, 0.15) is 47.7 Å². The Hall–Kier alpha value is -3.76. The number of anilines is 1. The van der Waals surface area contributed by atoms with Crippen LogP contribution in [0.15, 0.2) is 48.5 Å². The first kappa shape index (κ1) is 27.8. The predicted octanol–water partition coefficient (Wildman–Crippen LogP) is 5.47. The number of halogens is 3. The van der Waals surface area contributed by atoms with Gasteiger partial charge in [-0.05, 0) is 42.3 Å².